The van der Waals surface area contributed by atoms with Gasteiger partial charge in [-0.25, -0.2) is 0 Å². The van der Waals surface area contributed by atoms with E-state index in [4.69, 9.17) is 5.11 Å². The van der Waals surface area contributed by atoms with Crippen LogP contribution in [0.25, 0.3) is 0 Å². The van der Waals surface area contributed by atoms with Crippen LogP contribution in [-0.4, -0.2) is 26.3 Å². The van der Waals surface area contributed by atoms with E-state index in [9.17, 15) is 0 Å². The Labute approximate surface area is 125 Å². The van der Waals surface area contributed by atoms with Crippen LogP contribution in [0.15, 0.2) is 24.3 Å². The maximum Gasteiger partial charge on any atom is 0.0775 e. The zero-order valence-corrected chi connectivity index (χ0v) is 14.6. The standard InChI is InChI=1S/C17H31NOSi/c1-5-6-15(11-12-19)13-18-14-16-7-9-17(10-8-16)20(2,3)4/h7-10,15,18-19H,5-6,11-14H2,1-4H3. The highest BCUT2D eigenvalue weighted by molar-refractivity contribution is 6.88. The number of aliphatic hydroxyl groups excluding tert-OH is 1. The predicted molar refractivity (Wildman–Crippen MR) is 91.2 cm³/mol. The van der Waals surface area contributed by atoms with E-state index in [2.05, 4.69) is 56.1 Å². The van der Waals surface area contributed by atoms with Crippen LogP contribution in [0.4, 0.5) is 0 Å². The summed E-state index contributed by atoms with van der Waals surface area (Å²) in [6, 6.07) is 9.09. The van der Waals surface area contributed by atoms with Crippen molar-refractivity contribution >= 4 is 13.3 Å². The summed E-state index contributed by atoms with van der Waals surface area (Å²) in [5, 5.41) is 14.1. The second-order valence-corrected chi connectivity index (χ2v) is 11.8. The van der Waals surface area contributed by atoms with Gasteiger partial charge < -0.3 is 10.4 Å². The molecule has 20 heavy (non-hydrogen) atoms. The zero-order chi connectivity index (χ0) is 15.0. The van der Waals surface area contributed by atoms with Crippen LogP contribution in [0, 0.1) is 5.92 Å². The average Bonchev–Trinajstić information content (AvgIpc) is 2.39. The summed E-state index contributed by atoms with van der Waals surface area (Å²) in [6.07, 6.45) is 3.30. The van der Waals surface area contributed by atoms with E-state index < -0.39 is 8.07 Å². The molecule has 0 bridgehead atoms. The number of benzene rings is 1. The Morgan fingerprint density at radius 1 is 1.10 bits per heavy atom. The quantitative estimate of drug-likeness (QED) is 0.686. The van der Waals surface area contributed by atoms with Gasteiger partial charge in [-0.1, -0.05) is 62.4 Å². The van der Waals surface area contributed by atoms with Crippen molar-refractivity contribution in [2.45, 2.75) is 52.4 Å². The molecule has 1 atom stereocenters. The van der Waals surface area contributed by atoms with Gasteiger partial charge in [0.1, 0.15) is 0 Å². The summed E-state index contributed by atoms with van der Waals surface area (Å²) in [7, 11) is -1.18. The molecular formula is C17H31NOSi. The number of rotatable bonds is 9. The van der Waals surface area contributed by atoms with Crippen LogP contribution in [0.1, 0.15) is 31.7 Å². The first-order chi connectivity index (χ1) is 9.47. The van der Waals surface area contributed by atoms with Crippen molar-refractivity contribution in [3.05, 3.63) is 29.8 Å². The lowest BCUT2D eigenvalue weighted by atomic mass is 10.0. The van der Waals surface area contributed by atoms with Gasteiger partial charge in [0, 0.05) is 13.2 Å². The molecule has 0 heterocycles. The molecule has 0 spiro atoms. The summed E-state index contributed by atoms with van der Waals surface area (Å²) in [5.74, 6) is 0.603. The Balaban J connectivity index is 2.41. The minimum Gasteiger partial charge on any atom is -0.396 e. The molecule has 1 unspecified atom stereocenters. The molecule has 0 aliphatic heterocycles. The van der Waals surface area contributed by atoms with Gasteiger partial charge in [-0.15, -0.1) is 0 Å². The highest BCUT2D eigenvalue weighted by Crippen LogP contribution is 2.10. The van der Waals surface area contributed by atoms with Crippen molar-refractivity contribution < 1.29 is 5.11 Å². The molecule has 2 N–H and O–H groups in total. The molecule has 1 aromatic rings. The predicted octanol–water partition coefficient (Wildman–Crippen LogP) is 3.12. The SMILES string of the molecule is CCCC(CCO)CNCc1ccc([Si](C)(C)C)cc1. The largest absolute Gasteiger partial charge is 0.396 e. The van der Waals surface area contributed by atoms with E-state index in [0.29, 0.717) is 12.5 Å². The summed E-state index contributed by atoms with van der Waals surface area (Å²) in [5.41, 5.74) is 1.35. The molecule has 3 heteroatoms. The second-order valence-electron chi connectivity index (χ2n) is 6.74. The van der Waals surface area contributed by atoms with Gasteiger partial charge in [0.05, 0.1) is 8.07 Å². The molecule has 0 amide bonds. The third kappa shape index (κ3) is 6.20. The third-order valence-corrected chi connectivity index (χ3v) is 5.88. The Bertz CT molecular complexity index is 364. The molecule has 0 saturated carbocycles. The van der Waals surface area contributed by atoms with Gasteiger partial charge in [-0.05, 0) is 30.9 Å². The Morgan fingerprint density at radius 3 is 2.25 bits per heavy atom. The monoisotopic (exact) mass is 293 g/mol. The maximum atomic E-state index is 9.06. The van der Waals surface area contributed by atoms with Gasteiger partial charge in [-0.2, -0.15) is 0 Å². The lowest BCUT2D eigenvalue weighted by Gasteiger charge is -2.18. The smallest absolute Gasteiger partial charge is 0.0775 e. The molecule has 0 saturated heterocycles. The zero-order valence-electron chi connectivity index (χ0n) is 13.6. The first-order valence-corrected chi connectivity index (χ1v) is 11.4. The van der Waals surface area contributed by atoms with Crippen molar-refractivity contribution in [3.63, 3.8) is 0 Å². The number of nitrogens with one attached hydrogen (secondary N) is 1. The van der Waals surface area contributed by atoms with Crippen molar-refractivity contribution in [3.8, 4) is 0 Å². The van der Waals surface area contributed by atoms with Crippen LogP contribution in [0.5, 0.6) is 0 Å². The van der Waals surface area contributed by atoms with Crippen LogP contribution in [0.2, 0.25) is 19.6 Å². The molecule has 2 nitrogen and oxygen atoms in total. The van der Waals surface area contributed by atoms with E-state index in [1.807, 2.05) is 0 Å². The van der Waals surface area contributed by atoms with Gasteiger partial charge in [0.25, 0.3) is 0 Å². The van der Waals surface area contributed by atoms with Gasteiger partial charge >= 0.3 is 0 Å². The molecular weight excluding hydrogens is 262 g/mol. The van der Waals surface area contributed by atoms with Crippen molar-refractivity contribution in [1.29, 1.82) is 0 Å². The molecule has 0 aliphatic carbocycles. The van der Waals surface area contributed by atoms with Crippen LogP contribution in [-0.2, 0) is 6.54 Å². The molecule has 0 fully saturated rings. The van der Waals surface area contributed by atoms with E-state index in [1.54, 1.807) is 0 Å². The normalized spacial score (nSPS) is 13.4. The van der Waals surface area contributed by atoms with E-state index >= 15 is 0 Å². The summed E-state index contributed by atoms with van der Waals surface area (Å²) in [6.45, 7) is 11.6. The molecule has 1 aromatic carbocycles. The lowest BCUT2D eigenvalue weighted by Crippen LogP contribution is -2.37. The minimum atomic E-state index is -1.18. The van der Waals surface area contributed by atoms with E-state index in [-0.39, 0.29) is 0 Å². The molecule has 1 rings (SSSR count). The summed E-state index contributed by atoms with van der Waals surface area (Å²) in [4.78, 5) is 0. The van der Waals surface area contributed by atoms with Crippen LogP contribution >= 0.6 is 0 Å². The van der Waals surface area contributed by atoms with Crippen molar-refractivity contribution in [1.82, 2.24) is 5.32 Å². The molecule has 0 aliphatic rings. The average molecular weight is 294 g/mol. The second kappa shape index (κ2) is 8.60. The topological polar surface area (TPSA) is 32.3 Å². The third-order valence-electron chi connectivity index (χ3n) is 3.82. The number of hydrogen-bond donors (Lipinski definition) is 2. The van der Waals surface area contributed by atoms with Gasteiger partial charge in [0.2, 0.25) is 0 Å². The lowest BCUT2D eigenvalue weighted by molar-refractivity contribution is 0.248. The first kappa shape index (κ1) is 17.4. The first-order valence-electron chi connectivity index (χ1n) is 7.88. The van der Waals surface area contributed by atoms with E-state index in [1.165, 1.54) is 23.6 Å². The van der Waals surface area contributed by atoms with Crippen LogP contribution < -0.4 is 10.5 Å². The van der Waals surface area contributed by atoms with Crippen molar-refractivity contribution in [2.24, 2.45) is 5.92 Å². The van der Waals surface area contributed by atoms with E-state index in [0.717, 1.165) is 19.5 Å². The fourth-order valence-electron chi connectivity index (χ4n) is 2.48. The fourth-order valence-corrected chi connectivity index (χ4v) is 3.65. The maximum absolute atomic E-state index is 9.06. The number of aliphatic hydroxyl groups is 1. The Hall–Kier alpha value is -0.643. The fraction of sp³-hybridized carbons (Fsp3) is 0.647. The van der Waals surface area contributed by atoms with Crippen molar-refractivity contribution in [2.75, 3.05) is 13.2 Å². The van der Waals surface area contributed by atoms with Gasteiger partial charge in [0.15, 0.2) is 0 Å². The van der Waals surface area contributed by atoms with Gasteiger partial charge in [-0.3, -0.25) is 0 Å². The molecule has 114 valence electrons. The number of hydrogen-bond acceptors (Lipinski definition) is 2. The highest BCUT2D eigenvalue weighted by atomic mass is 28.3. The molecule has 0 radical (unpaired) electrons. The minimum absolute atomic E-state index is 0.303. The summed E-state index contributed by atoms with van der Waals surface area (Å²) >= 11 is 0. The highest BCUT2D eigenvalue weighted by Gasteiger charge is 2.15. The van der Waals surface area contributed by atoms with Crippen LogP contribution in [0.3, 0.4) is 0 Å². The Kier molecular flexibility index (Phi) is 7.49. The Morgan fingerprint density at radius 2 is 1.75 bits per heavy atom. The summed E-state index contributed by atoms with van der Waals surface area (Å²) < 4.78 is 0. The molecule has 0 aromatic heterocycles.